The SMILES string of the molecule is Cc1cc2c(cc1-c1ccc(NC(=O)c3c(F)cncc3F)cc1)OC(F)(F)O2. The Hall–Kier alpha value is -3.62. The van der Waals surface area contributed by atoms with Crippen molar-refractivity contribution in [1.82, 2.24) is 4.98 Å². The summed E-state index contributed by atoms with van der Waals surface area (Å²) in [5.41, 5.74) is 1.50. The topological polar surface area (TPSA) is 60.5 Å². The Labute approximate surface area is 161 Å². The van der Waals surface area contributed by atoms with Gasteiger partial charge in [0.15, 0.2) is 23.1 Å². The molecule has 29 heavy (non-hydrogen) atoms. The number of nitrogens with one attached hydrogen (secondary N) is 1. The molecule has 0 atom stereocenters. The van der Waals surface area contributed by atoms with Gasteiger partial charge in [-0.25, -0.2) is 8.78 Å². The molecule has 2 heterocycles. The maximum atomic E-state index is 13.7. The van der Waals surface area contributed by atoms with Crippen LogP contribution in [0.15, 0.2) is 48.8 Å². The molecule has 0 spiro atoms. The summed E-state index contributed by atoms with van der Waals surface area (Å²) in [6.07, 6.45) is -2.22. The van der Waals surface area contributed by atoms with Crippen LogP contribution >= 0.6 is 0 Å². The maximum absolute atomic E-state index is 13.7. The molecule has 1 aliphatic rings. The highest BCUT2D eigenvalue weighted by Gasteiger charge is 2.43. The van der Waals surface area contributed by atoms with Gasteiger partial charge in [0, 0.05) is 5.69 Å². The quantitative estimate of drug-likeness (QED) is 0.631. The Morgan fingerprint density at radius 2 is 1.59 bits per heavy atom. The van der Waals surface area contributed by atoms with Crippen molar-refractivity contribution in [3.63, 3.8) is 0 Å². The van der Waals surface area contributed by atoms with Gasteiger partial charge in [-0.1, -0.05) is 12.1 Å². The number of fused-ring (bicyclic) bond motifs is 1. The first-order valence-corrected chi connectivity index (χ1v) is 8.35. The monoisotopic (exact) mass is 404 g/mol. The van der Waals surface area contributed by atoms with Crippen molar-refractivity contribution in [3.8, 4) is 22.6 Å². The fraction of sp³-hybridized carbons (Fsp3) is 0.100. The summed E-state index contributed by atoms with van der Waals surface area (Å²) >= 11 is 0. The van der Waals surface area contributed by atoms with Crippen LogP contribution in [0.5, 0.6) is 11.5 Å². The second-order valence-corrected chi connectivity index (χ2v) is 6.29. The van der Waals surface area contributed by atoms with Crippen molar-refractivity contribution >= 4 is 11.6 Å². The average Bonchev–Trinajstić information content (AvgIpc) is 2.94. The summed E-state index contributed by atoms with van der Waals surface area (Å²) in [5, 5.41) is 2.40. The highest BCUT2D eigenvalue weighted by molar-refractivity contribution is 6.04. The Morgan fingerprint density at radius 1 is 1.00 bits per heavy atom. The van der Waals surface area contributed by atoms with E-state index in [2.05, 4.69) is 19.8 Å². The van der Waals surface area contributed by atoms with Gasteiger partial charge in [-0.2, -0.15) is 0 Å². The number of hydrogen-bond acceptors (Lipinski definition) is 4. The molecule has 1 N–H and O–H groups in total. The van der Waals surface area contributed by atoms with Crippen molar-refractivity contribution in [3.05, 3.63) is 71.6 Å². The van der Waals surface area contributed by atoms with E-state index < -0.39 is 29.4 Å². The maximum Gasteiger partial charge on any atom is 0.586 e. The first-order valence-electron chi connectivity index (χ1n) is 8.35. The smallest absolute Gasteiger partial charge is 0.395 e. The zero-order valence-electron chi connectivity index (χ0n) is 14.8. The highest BCUT2D eigenvalue weighted by Crippen LogP contribution is 2.44. The summed E-state index contributed by atoms with van der Waals surface area (Å²) < 4.78 is 62.7. The van der Waals surface area contributed by atoms with Crippen LogP contribution in [-0.2, 0) is 0 Å². The minimum Gasteiger partial charge on any atom is -0.395 e. The van der Waals surface area contributed by atoms with E-state index in [1.165, 1.54) is 24.3 Å². The number of carbonyl (C=O) groups is 1. The molecule has 0 bridgehead atoms. The van der Waals surface area contributed by atoms with Gasteiger partial charge in [0.05, 0.1) is 12.4 Å². The van der Waals surface area contributed by atoms with E-state index in [1.807, 2.05) is 0 Å². The van der Waals surface area contributed by atoms with Crippen LogP contribution in [0.4, 0.5) is 23.2 Å². The van der Waals surface area contributed by atoms with Gasteiger partial charge in [0.25, 0.3) is 5.91 Å². The number of anilines is 1. The fourth-order valence-corrected chi connectivity index (χ4v) is 2.96. The van der Waals surface area contributed by atoms with Crippen molar-refractivity contribution in [2.45, 2.75) is 13.2 Å². The van der Waals surface area contributed by atoms with Gasteiger partial charge in [-0.05, 0) is 47.9 Å². The number of amides is 1. The van der Waals surface area contributed by atoms with Crippen molar-refractivity contribution in [1.29, 1.82) is 0 Å². The molecule has 148 valence electrons. The number of ether oxygens (including phenoxy) is 2. The summed E-state index contributed by atoms with van der Waals surface area (Å²) in [6, 6.07) is 9.15. The second-order valence-electron chi connectivity index (χ2n) is 6.29. The van der Waals surface area contributed by atoms with Crippen LogP contribution in [0, 0.1) is 18.6 Å². The summed E-state index contributed by atoms with van der Waals surface area (Å²) in [6.45, 7) is 1.72. The minimum atomic E-state index is -3.71. The number of halogens is 4. The zero-order chi connectivity index (χ0) is 20.8. The molecule has 0 radical (unpaired) electrons. The molecule has 1 aliphatic heterocycles. The Kier molecular flexibility index (Phi) is 4.37. The van der Waals surface area contributed by atoms with E-state index in [0.717, 1.165) is 12.4 Å². The highest BCUT2D eigenvalue weighted by atomic mass is 19.3. The number of aromatic nitrogens is 1. The Balaban J connectivity index is 1.57. The summed E-state index contributed by atoms with van der Waals surface area (Å²) in [4.78, 5) is 15.5. The van der Waals surface area contributed by atoms with Gasteiger partial charge in [-0.3, -0.25) is 9.78 Å². The van der Waals surface area contributed by atoms with Crippen molar-refractivity contribution in [2.24, 2.45) is 0 Å². The average molecular weight is 404 g/mol. The summed E-state index contributed by atoms with van der Waals surface area (Å²) in [7, 11) is 0. The number of hydrogen-bond donors (Lipinski definition) is 1. The van der Waals surface area contributed by atoms with Gasteiger partial charge < -0.3 is 14.8 Å². The lowest BCUT2D eigenvalue weighted by molar-refractivity contribution is -0.286. The van der Waals surface area contributed by atoms with Crippen LogP contribution in [0.3, 0.4) is 0 Å². The third kappa shape index (κ3) is 3.58. The van der Waals surface area contributed by atoms with E-state index >= 15 is 0 Å². The first kappa shape index (κ1) is 18.7. The number of carbonyl (C=O) groups excluding carboxylic acids is 1. The molecule has 0 saturated heterocycles. The van der Waals surface area contributed by atoms with Gasteiger partial charge in [-0.15, -0.1) is 8.78 Å². The molecule has 0 fully saturated rings. The number of aryl methyl sites for hydroxylation is 1. The standard InChI is InChI=1S/C20H12F4N2O3/c1-10-6-16-17(29-20(23,24)28-16)7-13(10)11-2-4-12(5-3-11)26-19(27)18-14(21)8-25-9-15(18)22/h2-9H,1H3,(H,26,27). The fourth-order valence-electron chi connectivity index (χ4n) is 2.96. The molecule has 0 saturated carbocycles. The normalized spacial score (nSPS) is 14.0. The number of pyridine rings is 1. The van der Waals surface area contributed by atoms with E-state index in [-0.39, 0.29) is 11.5 Å². The van der Waals surface area contributed by atoms with Gasteiger partial charge in [0.2, 0.25) is 0 Å². The third-order valence-electron chi connectivity index (χ3n) is 4.28. The van der Waals surface area contributed by atoms with E-state index in [9.17, 15) is 22.4 Å². The Bertz CT molecular complexity index is 1100. The zero-order valence-corrected chi connectivity index (χ0v) is 14.8. The van der Waals surface area contributed by atoms with Gasteiger partial charge in [0.1, 0.15) is 5.56 Å². The number of benzene rings is 2. The summed E-state index contributed by atoms with van der Waals surface area (Å²) in [5.74, 6) is -3.26. The van der Waals surface area contributed by atoms with Crippen LogP contribution in [0.1, 0.15) is 15.9 Å². The van der Waals surface area contributed by atoms with Crippen LogP contribution in [0.2, 0.25) is 0 Å². The van der Waals surface area contributed by atoms with Crippen LogP contribution in [0.25, 0.3) is 11.1 Å². The number of alkyl halides is 2. The predicted octanol–water partition coefficient (Wildman–Crippen LogP) is 4.91. The minimum absolute atomic E-state index is 0.0541. The third-order valence-corrected chi connectivity index (χ3v) is 4.28. The molecular weight excluding hydrogens is 392 g/mol. The lowest BCUT2D eigenvalue weighted by Crippen LogP contribution is -2.25. The number of nitrogens with zero attached hydrogens (tertiary/aromatic N) is 1. The molecule has 1 amide bonds. The Morgan fingerprint density at radius 3 is 2.21 bits per heavy atom. The molecular formula is C20H12F4N2O3. The predicted molar refractivity (Wildman–Crippen MR) is 94.9 cm³/mol. The largest absolute Gasteiger partial charge is 0.586 e. The molecule has 9 heteroatoms. The first-order chi connectivity index (χ1) is 13.7. The lowest BCUT2D eigenvalue weighted by atomic mass is 9.99. The van der Waals surface area contributed by atoms with Gasteiger partial charge >= 0.3 is 6.29 Å². The van der Waals surface area contributed by atoms with E-state index in [0.29, 0.717) is 22.4 Å². The molecule has 2 aromatic carbocycles. The molecule has 4 rings (SSSR count). The van der Waals surface area contributed by atoms with E-state index in [4.69, 9.17) is 0 Å². The number of rotatable bonds is 3. The molecule has 3 aromatic rings. The lowest BCUT2D eigenvalue weighted by Gasteiger charge is -2.10. The van der Waals surface area contributed by atoms with E-state index in [1.54, 1.807) is 19.1 Å². The van der Waals surface area contributed by atoms with Crippen LogP contribution < -0.4 is 14.8 Å². The molecule has 0 aliphatic carbocycles. The molecule has 1 aromatic heterocycles. The molecule has 0 unspecified atom stereocenters. The van der Waals surface area contributed by atoms with Crippen molar-refractivity contribution in [2.75, 3.05) is 5.32 Å². The second kappa shape index (κ2) is 6.77. The van der Waals surface area contributed by atoms with Crippen molar-refractivity contribution < 1.29 is 31.8 Å². The van der Waals surface area contributed by atoms with Crippen LogP contribution in [-0.4, -0.2) is 17.2 Å². The molecule has 5 nitrogen and oxygen atoms in total.